The fraction of sp³-hybridized carbons (Fsp3) is 0.500. The zero-order valence-corrected chi connectivity index (χ0v) is 12.8. The van der Waals surface area contributed by atoms with E-state index in [4.69, 9.17) is 10.5 Å². The third-order valence-corrected chi connectivity index (χ3v) is 3.58. The van der Waals surface area contributed by atoms with Gasteiger partial charge in [0, 0.05) is 19.3 Å². The van der Waals surface area contributed by atoms with E-state index in [1.165, 1.54) is 10.8 Å². The fourth-order valence-electron chi connectivity index (χ4n) is 1.62. The summed E-state index contributed by atoms with van der Waals surface area (Å²) < 4.78 is 6.58. The van der Waals surface area contributed by atoms with Crippen LogP contribution in [0.2, 0.25) is 0 Å². The Balaban J connectivity index is 2.83. The molecule has 0 bridgehead atoms. The van der Waals surface area contributed by atoms with Gasteiger partial charge in [-0.1, -0.05) is 0 Å². The molecule has 0 aliphatic heterocycles. The van der Waals surface area contributed by atoms with Crippen LogP contribution in [0.15, 0.2) is 15.5 Å². The van der Waals surface area contributed by atoms with Gasteiger partial charge in [-0.2, -0.15) is 0 Å². The zero-order chi connectivity index (χ0) is 14.6. The Morgan fingerprint density at radius 3 is 2.84 bits per heavy atom. The molecule has 1 aromatic rings. The van der Waals surface area contributed by atoms with Gasteiger partial charge in [0.2, 0.25) is 5.91 Å². The van der Waals surface area contributed by atoms with E-state index in [-0.39, 0.29) is 24.1 Å². The van der Waals surface area contributed by atoms with Crippen LogP contribution in [0.3, 0.4) is 0 Å². The second kappa shape index (κ2) is 6.72. The minimum absolute atomic E-state index is 0.0734. The quantitative estimate of drug-likeness (QED) is 0.829. The van der Waals surface area contributed by atoms with E-state index in [0.717, 1.165) is 0 Å². The molecule has 1 heterocycles. The first-order valence-corrected chi connectivity index (χ1v) is 6.59. The predicted octanol–water partition coefficient (Wildman–Crippen LogP) is 0.653. The number of nitrogens with zero attached hydrogens (tertiary/aromatic N) is 1. The lowest BCUT2D eigenvalue weighted by Gasteiger charge is -2.14. The summed E-state index contributed by atoms with van der Waals surface area (Å²) in [7, 11) is 1.56. The summed E-state index contributed by atoms with van der Waals surface area (Å²) in [6, 6.07) is -0.112. The van der Waals surface area contributed by atoms with Gasteiger partial charge in [-0.05, 0) is 35.3 Å². The Hall–Kier alpha value is -1.34. The number of rotatable bonds is 5. The van der Waals surface area contributed by atoms with Crippen LogP contribution in [-0.4, -0.2) is 30.2 Å². The Morgan fingerprint density at radius 1 is 1.63 bits per heavy atom. The number of aromatic nitrogens is 1. The lowest BCUT2D eigenvalue weighted by Crippen LogP contribution is -2.39. The number of pyridine rings is 1. The highest BCUT2D eigenvalue weighted by Crippen LogP contribution is 2.16. The molecular formula is C12H18BrN3O3. The van der Waals surface area contributed by atoms with Crippen LogP contribution in [0.25, 0.3) is 0 Å². The monoisotopic (exact) mass is 331 g/mol. The van der Waals surface area contributed by atoms with E-state index in [1.54, 1.807) is 14.0 Å². The normalized spacial score (nSPS) is 12.2. The predicted molar refractivity (Wildman–Crippen MR) is 77.0 cm³/mol. The first-order valence-electron chi connectivity index (χ1n) is 5.80. The number of halogens is 1. The van der Waals surface area contributed by atoms with Crippen molar-refractivity contribution < 1.29 is 9.53 Å². The molecule has 0 aliphatic rings. The molecule has 19 heavy (non-hydrogen) atoms. The van der Waals surface area contributed by atoms with Crippen LogP contribution < -0.4 is 16.6 Å². The van der Waals surface area contributed by atoms with Crippen molar-refractivity contribution in [2.45, 2.75) is 26.4 Å². The van der Waals surface area contributed by atoms with Crippen molar-refractivity contribution >= 4 is 27.5 Å². The average molecular weight is 332 g/mol. The minimum atomic E-state index is -0.277. The van der Waals surface area contributed by atoms with Crippen LogP contribution in [0.4, 0.5) is 5.69 Å². The number of nitrogen functional groups attached to an aromatic ring is 1. The molecule has 0 spiro atoms. The van der Waals surface area contributed by atoms with Gasteiger partial charge < -0.3 is 20.4 Å². The van der Waals surface area contributed by atoms with E-state index in [9.17, 15) is 9.59 Å². The molecule has 0 aliphatic carbocycles. The number of methoxy groups -OCH3 is 1. The maximum absolute atomic E-state index is 11.9. The molecule has 0 saturated carbocycles. The van der Waals surface area contributed by atoms with Crippen molar-refractivity contribution in [2.75, 3.05) is 19.5 Å². The summed E-state index contributed by atoms with van der Waals surface area (Å²) >= 11 is 3.18. The van der Waals surface area contributed by atoms with Gasteiger partial charge in [-0.3, -0.25) is 9.59 Å². The molecule has 6 nitrogen and oxygen atoms in total. The Morgan fingerprint density at radius 2 is 2.26 bits per heavy atom. The Labute approximate surface area is 120 Å². The van der Waals surface area contributed by atoms with Gasteiger partial charge in [0.1, 0.15) is 6.54 Å². The van der Waals surface area contributed by atoms with E-state index >= 15 is 0 Å². The average Bonchev–Trinajstić information content (AvgIpc) is 2.33. The van der Waals surface area contributed by atoms with Gasteiger partial charge >= 0.3 is 0 Å². The second-order valence-corrected chi connectivity index (χ2v) is 5.17. The van der Waals surface area contributed by atoms with Crippen molar-refractivity contribution in [1.82, 2.24) is 9.88 Å². The number of carbonyl (C=O) groups excluding carboxylic acids is 1. The van der Waals surface area contributed by atoms with Crippen LogP contribution in [0.1, 0.15) is 12.5 Å². The Kier molecular flexibility index (Phi) is 5.56. The van der Waals surface area contributed by atoms with Crippen LogP contribution >= 0.6 is 15.9 Å². The maximum Gasteiger partial charge on any atom is 0.265 e. The number of hydrogen-bond donors (Lipinski definition) is 2. The summed E-state index contributed by atoms with van der Waals surface area (Å²) in [5.41, 5.74) is 6.63. The van der Waals surface area contributed by atoms with Crippen molar-refractivity contribution in [2.24, 2.45) is 0 Å². The van der Waals surface area contributed by atoms with Crippen LogP contribution in [-0.2, 0) is 16.1 Å². The van der Waals surface area contributed by atoms with Crippen LogP contribution in [0, 0.1) is 6.92 Å². The van der Waals surface area contributed by atoms with Crippen molar-refractivity contribution in [3.63, 3.8) is 0 Å². The van der Waals surface area contributed by atoms with Gasteiger partial charge in [-0.25, -0.2) is 0 Å². The van der Waals surface area contributed by atoms with E-state index in [1.807, 2.05) is 6.92 Å². The summed E-state index contributed by atoms with van der Waals surface area (Å²) in [5, 5.41) is 2.73. The molecule has 1 amide bonds. The second-order valence-electron chi connectivity index (χ2n) is 4.38. The first kappa shape index (κ1) is 15.7. The molecule has 0 fully saturated rings. The third-order valence-electron chi connectivity index (χ3n) is 2.64. The largest absolute Gasteiger partial charge is 0.397 e. The van der Waals surface area contributed by atoms with E-state index < -0.39 is 0 Å². The van der Waals surface area contributed by atoms with Crippen molar-refractivity contribution in [1.29, 1.82) is 0 Å². The number of nitrogens with one attached hydrogen (secondary N) is 1. The highest BCUT2D eigenvalue weighted by atomic mass is 79.9. The Bertz CT molecular complexity index is 528. The molecule has 1 rings (SSSR count). The molecule has 0 radical (unpaired) electrons. The number of nitrogens with two attached hydrogens (primary N) is 1. The lowest BCUT2D eigenvalue weighted by molar-refractivity contribution is -0.122. The van der Waals surface area contributed by atoms with Gasteiger partial charge in [0.15, 0.2) is 0 Å². The lowest BCUT2D eigenvalue weighted by atomic mass is 10.2. The number of hydrogen-bond acceptors (Lipinski definition) is 4. The smallest absolute Gasteiger partial charge is 0.265 e. The van der Waals surface area contributed by atoms with Crippen LogP contribution in [0.5, 0.6) is 0 Å². The number of ether oxygens (including phenoxy) is 1. The van der Waals surface area contributed by atoms with Gasteiger partial charge in [0.05, 0.1) is 16.8 Å². The fourth-order valence-corrected chi connectivity index (χ4v) is 2.08. The summed E-state index contributed by atoms with van der Waals surface area (Å²) in [6.07, 6.45) is 1.48. The SMILES string of the molecule is COCC(C)NC(=O)Cn1cc(N)c(C)c(Br)c1=O. The molecule has 1 atom stereocenters. The third kappa shape index (κ3) is 4.07. The molecular weight excluding hydrogens is 314 g/mol. The van der Waals surface area contributed by atoms with Gasteiger partial charge in [-0.15, -0.1) is 0 Å². The maximum atomic E-state index is 11.9. The van der Waals surface area contributed by atoms with E-state index in [2.05, 4.69) is 21.2 Å². The summed E-state index contributed by atoms with van der Waals surface area (Å²) in [5.74, 6) is -0.262. The zero-order valence-electron chi connectivity index (χ0n) is 11.2. The highest BCUT2D eigenvalue weighted by molar-refractivity contribution is 9.10. The molecule has 0 saturated heterocycles. The summed E-state index contributed by atoms with van der Waals surface area (Å²) in [4.78, 5) is 23.7. The number of amides is 1. The molecule has 1 aromatic heterocycles. The highest BCUT2D eigenvalue weighted by Gasteiger charge is 2.12. The molecule has 1 unspecified atom stereocenters. The number of anilines is 1. The number of carbonyl (C=O) groups is 1. The van der Waals surface area contributed by atoms with E-state index in [0.29, 0.717) is 22.3 Å². The molecule has 7 heteroatoms. The van der Waals surface area contributed by atoms with Crippen molar-refractivity contribution in [3.8, 4) is 0 Å². The van der Waals surface area contributed by atoms with Gasteiger partial charge in [0.25, 0.3) is 5.56 Å². The minimum Gasteiger partial charge on any atom is -0.397 e. The van der Waals surface area contributed by atoms with Crippen molar-refractivity contribution in [3.05, 3.63) is 26.6 Å². The first-order chi connectivity index (χ1) is 8.86. The standard InChI is InChI=1S/C12H18BrN3O3/c1-7(6-19-3)15-10(17)5-16-4-9(14)8(2)11(13)12(16)18/h4,7H,5-6,14H2,1-3H3,(H,15,17). The summed E-state index contributed by atoms with van der Waals surface area (Å²) in [6.45, 7) is 3.91. The molecule has 106 valence electrons. The molecule has 0 aromatic carbocycles. The molecule has 3 N–H and O–H groups in total. The topological polar surface area (TPSA) is 86.3 Å².